The van der Waals surface area contributed by atoms with Crippen molar-refractivity contribution in [2.24, 2.45) is 0 Å². The third kappa shape index (κ3) is 6.49. The molecule has 0 aromatic heterocycles. The summed E-state index contributed by atoms with van der Waals surface area (Å²) in [4.78, 5) is 12.3. The van der Waals surface area contributed by atoms with Crippen LogP contribution in [0.1, 0.15) is 22.3 Å². The van der Waals surface area contributed by atoms with E-state index in [0.29, 0.717) is 12.1 Å². The molecule has 2 aromatic rings. The van der Waals surface area contributed by atoms with E-state index in [9.17, 15) is 13.2 Å². The van der Waals surface area contributed by atoms with Gasteiger partial charge in [-0.3, -0.25) is 4.79 Å². The van der Waals surface area contributed by atoms with Crippen molar-refractivity contribution in [2.45, 2.75) is 17.1 Å². The van der Waals surface area contributed by atoms with Crippen molar-refractivity contribution < 1.29 is 13.2 Å². The second-order valence-electron chi connectivity index (χ2n) is 5.49. The Morgan fingerprint density at radius 3 is 2.40 bits per heavy atom. The number of carbonyl (C=O) groups is 1. The molecular formula is C18H23ClN2O3S. The second-order valence-corrected chi connectivity index (χ2v) is 7.48. The van der Waals surface area contributed by atoms with Crippen molar-refractivity contribution in [2.75, 3.05) is 20.1 Å². The minimum Gasteiger partial charge on any atom is -0.352 e. The zero-order valence-corrected chi connectivity index (χ0v) is 15.7. The maximum Gasteiger partial charge on any atom is 0.251 e. The first-order chi connectivity index (χ1) is 11.5. The molecule has 0 spiro atoms. The van der Waals surface area contributed by atoms with Crippen molar-refractivity contribution in [3.63, 3.8) is 0 Å². The van der Waals surface area contributed by atoms with E-state index < -0.39 is 9.84 Å². The van der Waals surface area contributed by atoms with Gasteiger partial charge in [0.15, 0.2) is 9.84 Å². The van der Waals surface area contributed by atoms with Gasteiger partial charge in [-0.15, -0.1) is 12.4 Å². The fourth-order valence-corrected chi connectivity index (χ4v) is 3.67. The van der Waals surface area contributed by atoms with Crippen molar-refractivity contribution in [1.29, 1.82) is 0 Å². The fourth-order valence-electron chi connectivity index (χ4n) is 2.28. The van der Waals surface area contributed by atoms with Crippen LogP contribution in [0, 0.1) is 0 Å². The zero-order chi connectivity index (χ0) is 17.4. The molecule has 0 saturated carbocycles. The van der Waals surface area contributed by atoms with E-state index in [-0.39, 0.29) is 29.0 Å². The Labute approximate surface area is 155 Å². The van der Waals surface area contributed by atoms with Gasteiger partial charge in [-0.05, 0) is 43.8 Å². The van der Waals surface area contributed by atoms with E-state index in [1.54, 1.807) is 36.4 Å². The molecule has 5 nitrogen and oxygen atoms in total. The van der Waals surface area contributed by atoms with Crippen LogP contribution in [0.3, 0.4) is 0 Å². The standard InChI is InChI=1S/C18H22N2O3S.ClH/c1-19-11-6-12-20-18(21)16-9-5-10-17(13-16)24(22,23)14-15-7-3-2-4-8-15;/h2-5,7-10,13,19H,6,11-12,14H2,1H3,(H,20,21);1H. The number of nitrogens with one attached hydrogen (secondary N) is 2. The zero-order valence-electron chi connectivity index (χ0n) is 14.1. The van der Waals surface area contributed by atoms with Gasteiger partial charge >= 0.3 is 0 Å². The Morgan fingerprint density at radius 2 is 1.72 bits per heavy atom. The van der Waals surface area contributed by atoms with Gasteiger partial charge in [0.2, 0.25) is 0 Å². The molecule has 0 bridgehead atoms. The quantitative estimate of drug-likeness (QED) is 0.687. The van der Waals surface area contributed by atoms with Crippen LogP contribution in [0.15, 0.2) is 59.5 Å². The number of halogens is 1. The first kappa shape index (κ1) is 21.2. The van der Waals surface area contributed by atoms with E-state index in [0.717, 1.165) is 18.5 Å². The van der Waals surface area contributed by atoms with Crippen molar-refractivity contribution in [3.8, 4) is 0 Å². The molecule has 0 atom stereocenters. The molecule has 1 amide bonds. The SMILES string of the molecule is CNCCCNC(=O)c1cccc(S(=O)(=O)Cc2ccccc2)c1.Cl. The van der Waals surface area contributed by atoms with Crippen molar-refractivity contribution >= 4 is 28.2 Å². The Bertz CT molecular complexity index is 780. The minimum atomic E-state index is -3.49. The van der Waals surface area contributed by atoms with E-state index in [1.807, 2.05) is 13.1 Å². The molecule has 136 valence electrons. The van der Waals surface area contributed by atoms with Crippen LogP contribution >= 0.6 is 12.4 Å². The number of benzene rings is 2. The average Bonchev–Trinajstić information content (AvgIpc) is 2.59. The molecule has 0 radical (unpaired) electrons. The lowest BCUT2D eigenvalue weighted by molar-refractivity contribution is 0.0953. The maximum absolute atomic E-state index is 12.5. The van der Waals surface area contributed by atoms with Crippen LogP contribution in [0.5, 0.6) is 0 Å². The topological polar surface area (TPSA) is 75.3 Å². The fraction of sp³-hybridized carbons (Fsp3) is 0.278. The summed E-state index contributed by atoms with van der Waals surface area (Å²) in [7, 11) is -1.64. The van der Waals surface area contributed by atoms with Crippen LogP contribution in [0.4, 0.5) is 0 Å². The van der Waals surface area contributed by atoms with Crippen LogP contribution in [0.25, 0.3) is 0 Å². The normalized spacial score (nSPS) is 10.8. The summed E-state index contributed by atoms with van der Waals surface area (Å²) in [5.74, 6) is -0.343. The molecule has 0 unspecified atom stereocenters. The predicted molar refractivity (Wildman–Crippen MR) is 102 cm³/mol. The van der Waals surface area contributed by atoms with E-state index in [1.165, 1.54) is 12.1 Å². The highest BCUT2D eigenvalue weighted by Crippen LogP contribution is 2.17. The van der Waals surface area contributed by atoms with Crippen LogP contribution < -0.4 is 10.6 Å². The molecule has 25 heavy (non-hydrogen) atoms. The molecule has 0 aliphatic rings. The highest BCUT2D eigenvalue weighted by molar-refractivity contribution is 7.90. The molecular weight excluding hydrogens is 360 g/mol. The van der Waals surface area contributed by atoms with E-state index in [4.69, 9.17) is 0 Å². The summed E-state index contributed by atoms with van der Waals surface area (Å²) in [5.41, 5.74) is 1.08. The summed E-state index contributed by atoms with van der Waals surface area (Å²) in [6, 6.07) is 15.2. The van der Waals surface area contributed by atoms with Gasteiger partial charge in [-0.2, -0.15) is 0 Å². The van der Waals surface area contributed by atoms with Gasteiger partial charge in [-0.1, -0.05) is 36.4 Å². The summed E-state index contributed by atoms with van der Waals surface area (Å²) in [6.07, 6.45) is 0.814. The molecule has 2 rings (SSSR count). The first-order valence-electron chi connectivity index (χ1n) is 7.82. The predicted octanol–water partition coefficient (Wildman–Crippen LogP) is 2.42. The van der Waals surface area contributed by atoms with E-state index in [2.05, 4.69) is 10.6 Å². The van der Waals surface area contributed by atoms with Gasteiger partial charge in [0.1, 0.15) is 0 Å². The Kier molecular flexibility index (Phi) is 8.61. The molecule has 0 saturated heterocycles. The Balaban J connectivity index is 0.00000312. The first-order valence-corrected chi connectivity index (χ1v) is 9.48. The van der Waals surface area contributed by atoms with Gasteiger partial charge < -0.3 is 10.6 Å². The lowest BCUT2D eigenvalue weighted by atomic mass is 10.2. The number of hydrogen-bond donors (Lipinski definition) is 2. The molecule has 2 N–H and O–H groups in total. The average molecular weight is 383 g/mol. The molecule has 2 aromatic carbocycles. The van der Waals surface area contributed by atoms with Crippen molar-refractivity contribution in [1.82, 2.24) is 10.6 Å². The maximum atomic E-state index is 12.5. The van der Waals surface area contributed by atoms with Gasteiger partial charge in [-0.25, -0.2) is 8.42 Å². The second kappa shape index (κ2) is 10.2. The van der Waals surface area contributed by atoms with Gasteiger partial charge in [0, 0.05) is 12.1 Å². The third-order valence-corrected chi connectivity index (χ3v) is 5.23. The summed E-state index contributed by atoms with van der Waals surface area (Å²) < 4.78 is 25.1. The molecule has 0 aliphatic carbocycles. The Hall–Kier alpha value is -1.89. The molecule has 0 aliphatic heterocycles. The molecule has 0 fully saturated rings. The lowest BCUT2D eigenvalue weighted by Gasteiger charge is -2.08. The van der Waals surface area contributed by atoms with Crippen LogP contribution in [-0.2, 0) is 15.6 Å². The monoisotopic (exact) mass is 382 g/mol. The molecule has 7 heteroatoms. The summed E-state index contributed by atoms with van der Waals surface area (Å²) in [5, 5.41) is 5.79. The van der Waals surface area contributed by atoms with Crippen LogP contribution in [-0.4, -0.2) is 34.5 Å². The number of rotatable bonds is 8. The van der Waals surface area contributed by atoms with Crippen molar-refractivity contribution in [3.05, 3.63) is 65.7 Å². The van der Waals surface area contributed by atoms with Gasteiger partial charge in [0.05, 0.1) is 10.6 Å². The smallest absolute Gasteiger partial charge is 0.251 e. The number of hydrogen-bond acceptors (Lipinski definition) is 4. The van der Waals surface area contributed by atoms with Gasteiger partial charge in [0.25, 0.3) is 5.91 Å². The third-order valence-electron chi connectivity index (χ3n) is 3.54. The summed E-state index contributed by atoms with van der Waals surface area (Å²) in [6.45, 7) is 1.35. The van der Waals surface area contributed by atoms with E-state index >= 15 is 0 Å². The number of carbonyl (C=O) groups excluding carboxylic acids is 1. The Morgan fingerprint density at radius 1 is 1.00 bits per heavy atom. The van der Waals surface area contributed by atoms with Crippen LogP contribution in [0.2, 0.25) is 0 Å². The minimum absolute atomic E-state index is 0. The lowest BCUT2D eigenvalue weighted by Crippen LogP contribution is -2.26. The summed E-state index contributed by atoms with van der Waals surface area (Å²) >= 11 is 0. The highest BCUT2D eigenvalue weighted by atomic mass is 35.5. The molecule has 0 heterocycles. The number of sulfone groups is 1. The largest absolute Gasteiger partial charge is 0.352 e. The highest BCUT2D eigenvalue weighted by Gasteiger charge is 2.17. The number of amides is 1.